The summed E-state index contributed by atoms with van der Waals surface area (Å²) >= 11 is 0. The Balaban J connectivity index is 1.72. The van der Waals surface area contributed by atoms with Crippen LogP contribution in [0.3, 0.4) is 0 Å². The Morgan fingerprint density at radius 3 is 2.32 bits per heavy atom. The molecule has 1 aliphatic rings. The second-order valence-corrected chi connectivity index (χ2v) is 9.20. The van der Waals surface area contributed by atoms with Gasteiger partial charge in [0.05, 0.1) is 4.90 Å². The number of amides is 1. The highest BCUT2D eigenvalue weighted by Gasteiger charge is 2.19. The van der Waals surface area contributed by atoms with Gasteiger partial charge in [0.15, 0.2) is 0 Å². The molecule has 0 heterocycles. The molecule has 28 heavy (non-hydrogen) atoms. The molecule has 2 aromatic rings. The highest BCUT2D eigenvalue weighted by atomic mass is 32.2. The maximum atomic E-state index is 12.7. The van der Waals surface area contributed by atoms with Crippen molar-refractivity contribution in [2.24, 2.45) is 0 Å². The summed E-state index contributed by atoms with van der Waals surface area (Å²) in [6, 6.07) is 13.5. The van der Waals surface area contributed by atoms with E-state index in [0.717, 1.165) is 31.2 Å². The van der Waals surface area contributed by atoms with E-state index in [0.29, 0.717) is 11.3 Å². The molecule has 0 unspecified atom stereocenters. The molecule has 0 saturated heterocycles. The minimum Gasteiger partial charge on any atom is -0.349 e. The van der Waals surface area contributed by atoms with E-state index < -0.39 is 10.0 Å². The van der Waals surface area contributed by atoms with Gasteiger partial charge in [0.25, 0.3) is 15.9 Å². The van der Waals surface area contributed by atoms with Gasteiger partial charge in [-0.05, 0) is 55.7 Å². The summed E-state index contributed by atoms with van der Waals surface area (Å²) in [7, 11) is -3.76. The van der Waals surface area contributed by atoms with E-state index in [1.54, 1.807) is 30.3 Å². The van der Waals surface area contributed by atoms with Gasteiger partial charge in [-0.25, -0.2) is 8.42 Å². The summed E-state index contributed by atoms with van der Waals surface area (Å²) < 4.78 is 28.0. The van der Waals surface area contributed by atoms with Crippen LogP contribution in [0.1, 0.15) is 60.9 Å². The van der Waals surface area contributed by atoms with Gasteiger partial charge in [-0.2, -0.15) is 0 Å². The molecule has 6 heteroatoms. The van der Waals surface area contributed by atoms with Crippen LogP contribution in [0.15, 0.2) is 53.4 Å². The fraction of sp³-hybridized carbons (Fsp3) is 0.409. The average Bonchev–Trinajstić information content (AvgIpc) is 2.63. The summed E-state index contributed by atoms with van der Waals surface area (Å²) in [6.45, 7) is 1.90. The highest BCUT2D eigenvalue weighted by Crippen LogP contribution is 2.20. The van der Waals surface area contributed by atoms with Crippen molar-refractivity contribution in [2.45, 2.75) is 62.8 Å². The predicted molar refractivity (Wildman–Crippen MR) is 112 cm³/mol. The van der Waals surface area contributed by atoms with Crippen molar-refractivity contribution in [2.75, 3.05) is 4.72 Å². The maximum absolute atomic E-state index is 12.7. The van der Waals surface area contributed by atoms with Crippen LogP contribution >= 0.6 is 0 Å². The summed E-state index contributed by atoms with van der Waals surface area (Å²) in [5.74, 6) is -0.210. The van der Waals surface area contributed by atoms with E-state index in [9.17, 15) is 13.2 Å². The smallest absolute Gasteiger partial charge is 0.261 e. The standard InChI is InChI=1S/C22H28N2O3S/c1-17-9-7-13-20(15-17)24-28(26,27)21-14-8-10-18(16-21)22(25)23-19-11-5-3-2-4-6-12-19/h7-10,13-16,19,24H,2-6,11-12H2,1H3,(H,23,25). The number of carbonyl (C=O) groups is 1. The topological polar surface area (TPSA) is 75.3 Å². The Bertz CT molecular complexity index is 917. The first-order valence-corrected chi connectivity index (χ1v) is 11.4. The van der Waals surface area contributed by atoms with Gasteiger partial charge in [-0.3, -0.25) is 9.52 Å². The lowest BCUT2D eigenvalue weighted by Crippen LogP contribution is -2.35. The second-order valence-electron chi connectivity index (χ2n) is 7.52. The summed E-state index contributed by atoms with van der Waals surface area (Å²) in [5, 5.41) is 3.08. The molecule has 0 atom stereocenters. The maximum Gasteiger partial charge on any atom is 0.261 e. The number of carbonyl (C=O) groups excluding carboxylic acids is 1. The number of nitrogens with one attached hydrogen (secondary N) is 2. The van der Waals surface area contributed by atoms with Gasteiger partial charge < -0.3 is 5.32 Å². The van der Waals surface area contributed by atoms with Crippen LogP contribution in [0.2, 0.25) is 0 Å². The first-order chi connectivity index (χ1) is 13.4. The molecule has 1 aliphatic carbocycles. The molecule has 150 valence electrons. The Morgan fingerprint density at radius 2 is 1.61 bits per heavy atom. The number of hydrogen-bond donors (Lipinski definition) is 2. The van der Waals surface area contributed by atoms with E-state index in [2.05, 4.69) is 10.0 Å². The van der Waals surface area contributed by atoms with Crippen LogP contribution < -0.4 is 10.0 Å². The molecule has 0 bridgehead atoms. The zero-order valence-electron chi connectivity index (χ0n) is 16.3. The average molecular weight is 401 g/mol. The molecule has 5 nitrogen and oxygen atoms in total. The molecule has 0 aliphatic heterocycles. The third kappa shape index (κ3) is 5.58. The number of benzene rings is 2. The summed E-state index contributed by atoms with van der Waals surface area (Å²) in [4.78, 5) is 12.7. The lowest BCUT2D eigenvalue weighted by Gasteiger charge is -2.21. The first kappa shape index (κ1) is 20.4. The molecule has 1 fully saturated rings. The minimum absolute atomic E-state index is 0.0827. The van der Waals surface area contributed by atoms with E-state index in [1.807, 2.05) is 13.0 Å². The monoisotopic (exact) mass is 400 g/mol. The largest absolute Gasteiger partial charge is 0.349 e. The van der Waals surface area contributed by atoms with Crippen LogP contribution in [-0.2, 0) is 10.0 Å². The molecule has 2 N–H and O–H groups in total. The predicted octanol–water partition coefficient (Wildman–Crippen LogP) is 4.64. The Kier molecular flexibility index (Phi) is 6.73. The molecule has 0 radical (unpaired) electrons. The molecule has 2 aromatic carbocycles. The van der Waals surface area contributed by atoms with Crippen molar-refractivity contribution < 1.29 is 13.2 Å². The quantitative estimate of drug-likeness (QED) is 0.768. The van der Waals surface area contributed by atoms with Crippen molar-refractivity contribution in [3.8, 4) is 0 Å². The van der Waals surface area contributed by atoms with Crippen molar-refractivity contribution in [3.63, 3.8) is 0 Å². The first-order valence-electron chi connectivity index (χ1n) is 9.94. The highest BCUT2D eigenvalue weighted by molar-refractivity contribution is 7.92. The zero-order chi connectivity index (χ0) is 20.0. The fourth-order valence-electron chi connectivity index (χ4n) is 3.60. The van der Waals surface area contributed by atoms with Crippen LogP contribution in [0.25, 0.3) is 0 Å². The fourth-order valence-corrected chi connectivity index (χ4v) is 4.69. The van der Waals surface area contributed by atoms with Crippen LogP contribution in [0.5, 0.6) is 0 Å². The van der Waals surface area contributed by atoms with Gasteiger partial charge in [0, 0.05) is 17.3 Å². The molecule has 1 amide bonds. The van der Waals surface area contributed by atoms with E-state index in [-0.39, 0.29) is 16.8 Å². The van der Waals surface area contributed by atoms with Gasteiger partial charge in [-0.15, -0.1) is 0 Å². The van der Waals surface area contributed by atoms with E-state index in [4.69, 9.17) is 0 Å². The molecular weight excluding hydrogens is 372 g/mol. The molecule has 0 aromatic heterocycles. The third-order valence-corrected chi connectivity index (χ3v) is 6.50. The minimum atomic E-state index is -3.76. The second kappa shape index (κ2) is 9.24. The van der Waals surface area contributed by atoms with Crippen molar-refractivity contribution >= 4 is 21.6 Å². The van der Waals surface area contributed by atoms with Crippen molar-refractivity contribution in [1.29, 1.82) is 0 Å². The zero-order valence-corrected chi connectivity index (χ0v) is 17.1. The Morgan fingerprint density at radius 1 is 0.929 bits per heavy atom. The van der Waals surface area contributed by atoms with Gasteiger partial charge in [0.2, 0.25) is 0 Å². The van der Waals surface area contributed by atoms with Gasteiger partial charge >= 0.3 is 0 Å². The summed E-state index contributed by atoms with van der Waals surface area (Å²) in [6.07, 6.45) is 7.92. The molecule has 3 rings (SSSR count). The van der Waals surface area contributed by atoms with Crippen LogP contribution in [0.4, 0.5) is 5.69 Å². The summed E-state index contributed by atoms with van der Waals surface area (Å²) in [5.41, 5.74) is 1.84. The number of anilines is 1. The van der Waals surface area contributed by atoms with Crippen molar-refractivity contribution in [1.82, 2.24) is 5.32 Å². The van der Waals surface area contributed by atoms with Crippen molar-refractivity contribution in [3.05, 3.63) is 59.7 Å². The Hall–Kier alpha value is -2.34. The molecular formula is C22H28N2O3S. The SMILES string of the molecule is Cc1cccc(NS(=O)(=O)c2cccc(C(=O)NC3CCCCCCC3)c2)c1. The van der Waals surface area contributed by atoms with E-state index in [1.165, 1.54) is 31.4 Å². The third-order valence-electron chi connectivity index (χ3n) is 5.12. The lowest BCUT2D eigenvalue weighted by atomic mass is 9.96. The van der Waals surface area contributed by atoms with E-state index >= 15 is 0 Å². The number of sulfonamides is 1. The molecule has 0 spiro atoms. The molecule has 1 saturated carbocycles. The Labute approximate surface area is 167 Å². The number of aryl methyl sites for hydroxylation is 1. The van der Waals surface area contributed by atoms with Gasteiger partial charge in [0.1, 0.15) is 0 Å². The van der Waals surface area contributed by atoms with Crippen LogP contribution in [0, 0.1) is 6.92 Å². The number of rotatable bonds is 5. The normalized spacial score (nSPS) is 16.0. The number of hydrogen-bond acceptors (Lipinski definition) is 3. The van der Waals surface area contributed by atoms with Crippen LogP contribution in [-0.4, -0.2) is 20.4 Å². The lowest BCUT2D eigenvalue weighted by molar-refractivity contribution is 0.0930. The van der Waals surface area contributed by atoms with Gasteiger partial charge in [-0.1, -0.05) is 50.3 Å².